The predicted octanol–water partition coefficient (Wildman–Crippen LogP) is 3.23. The van der Waals surface area contributed by atoms with Crippen molar-refractivity contribution in [1.82, 2.24) is 0 Å². The Morgan fingerprint density at radius 3 is 2.67 bits per heavy atom. The fourth-order valence-corrected chi connectivity index (χ4v) is 2.74. The number of amides is 1. The third kappa shape index (κ3) is 4.27. The molecule has 2 rings (SSSR count). The van der Waals surface area contributed by atoms with Crippen LogP contribution in [-0.2, 0) is 6.42 Å². The summed E-state index contributed by atoms with van der Waals surface area (Å²) in [5.41, 5.74) is 7.15. The number of rotatable bonds is 6. The van der Waals surface area contributed by atoms with Gasteiger partial charge in [0.15, 0.2) is 0 Å². The lowest BCUT2D eigenvalue weighted by atomic mass is 10.2. The van der Waals surface area contributed by atoms with Gasteiger partial charge in [0.25, 0.3) is 5.91 Å². The molecule has 3 N–H and O–H groups in total. The molecule has 0 radical (unpaired) electrons. The second-order valence-electron chi connectivity index (χ2n) is 4.36. The van der Waals surface area contributed by atoms with Crippen molar-refractivity contribution in [1.29, 1.82) is 0 Å². The van der Waals surface area contributed by atoms with Crippen molar-refractivity contribution in [3.05, 3.63) is 46.2 Å². The lowest BCUT2D eigenvalue weighted by Crippen LogP contribution is -2.17. The van der Waals surface area contributed by atoms with E-state index in [4.69, 9.17) is 22.7 Å². The van der Waals surface area contributed by atoms with Gasteiger partial charge in [0, 0.05) is 5.69 Å². The van der Waals surface area contributed by atoms with Gasteiger partial charge < -0.3 is 15.8 Å². The van der Waals surface area contributed by atoms with E-state index in [2.05, 4.69) is 5.32 Å². The largest absolute Gasteiger partial charge is 0.487 e. The number of hydrogen-bond acceptors (Lipinski definition) is 4. The second-order valence-corrected chi connectivity index (χ2v) is 5.80. The lowest BCUT2D eigenvalue weighted by Gasteiger charge is -2.08. The van der Waals surface area contributed by atoms with E-state index >= 15 is 0 Å². The molecule has 0 saturated heterocycles. The molecule has 2 aromatic rings. The summed E-state index contributed by atoms with van der Waals surface area (Å²) in [6, 6.07) is 9.08. The van der Waals surface area contributed by atoms with Crippen LogP contribution in [0, 0.1) is 0 Å². The monoisotopic (exact) mass is 320 g/mol. The van der Waals surface area contributed by atoms with Crippen molar-refractivity contribution in [3.63, 3.8) is 0 Å². The third-order valence-electron chi connectivity index (χ3n) is 2.83. The summed E-state index contributed by atoms with van der Waals surface area (Å²) in [4.78, 5) is 13.2. The number of anilines is 1. The maximum Gasteiger partial charge on any atom is 0.266 e. The van der Waals surface area contributed by atoms with Crippen molar-refractivity contribution >= 4 is 40.1 Å². The van der Waals surface area contributed by atoms with E-state index < -0.39 is 0 Å². The summed E-state index contributed by atoms with van der Waals surface area (Å²) in [6.07, 6.45) is 0.845. The van der Waals surface area contributed by atoms with Gasteiger partial charge in [-0.3, -0.25) is 4.79 Å². The van der Waals surface area contributed by atoms with Gasteiger partial charge in [0.2, 0.25) is 0 Å². The summed E-state index contributed by atoms with van der Waals surface area (Å²) < 4.78 is 5.36. The van der Waals surface area contributed by atoms with E-state index in [0.29, 0.717) is 10.7 Å². The molecule has 0 aliphatic carbocycles. The zero-order chi connectivity index (χ0) is 15.2. The van der Waals surface area contributed by atoms with Crippen molar-refractivity contribution < 1.29 is 9.53 Å². The first-order chi connectivity index (χ1) is 10.1. The Hall–Kier alpha value is -1.92. The van der Waals surface area contributed by atoms with Gasteiger partial charge in [0.05, 0.1) is 4.88 Å². The minimum Gasteiger partial charge on any atom is -0.487 e. The van der Waals surface area contributed by atoms with E-state index in [-0.39, 0.29) is 12.5 Å². The summed E-state index contributed by atoms with van der Waals surface area (Å²) in [5, 5.41) is 4.81. The number of carbonyl (C=O) groups is 1. The van der Waals surface area contributed by atoms with E-state index in [1.54, 1.807) is 24.3 Å². The zero-order valence-electron chi connectivity index (χ0n) is 11.6. The fourth-order valence-electron chi connectivity index (χ4n) is 1.79. The molecule has 1 aromatic carbocycles. The van der Waals surface area contributed by atoms with E-state index in [1.165, 1.54) is 11.3 Å². The molecule has 0 saturated carbocycles. The first kappa shape index (κ1) is 15.5. The summed E-state index contributed by atoms with van der Waals surface area (Å²) in [7, 11) is 0. The van der Waals surface area contributed by atoms with E-state index in [0.717, 1.165) is 22.5 Å². The highest BCUT2D eigenvalue weighted by molar-refractivity contribution is 7.80. The first-order valence-corrected chi connectivity index (χ1v) is 7.78. The van der Waals surface area contributed by atoms with Gasteiger partial charge in [-0.15, -0.1) is 11.3 Å². The molecule has 21 heavy (non-hydrogen) atoms. The van der Waals surface area contributed by atoms with Crippen LogP contribution in [0.25, 0.3) is 0 Å². The highest BCUT2D eigenvalue weighted by Gasteiger charge is 2.12. The van der Waals surface area contributed by atoms with Crippen LogP contribution in [0.4, 0.5) is 5.69 Å². The van der Waals surface area contributed by atoms with Crippen LogP contribution in [0.1, 0.15) is 22.2 Å². The average molecular weight is 320 g/mol. The predicted molar refractivity (Wildman–Crippen MR) is 90.4 cm³/mol. The van der Waals surface area contributed by atoms with E-state index in [1.807, 2.05) is 18.4 Å². The van der Waals surface area contributed by atoms with E-state index in [9.17, 15) is 4.79 Å². The van der Waals surface area contributed by atoms with Gasteiger partial charge in [-0.25, -0.2) is 0 Å². The van der Waals surface area contributed by atoms with Crippen molar-refractivity contribution in [2.75, 3.05) is 11.9 Å². The molecule has 0 bridgehead atoms. The molecule has 110 valence electrons. The average Bonchev–Trinajstić information content (AvgIpc) is 2.95. The van der Waals surface area contributed by atoms with Crippen LogP contribution in [0.15, 0.2) is 35.7 Å². The molecule has 6 heteroatoms. The summed E-state index contributed by atoms with van der Waals surface area (Å²) >= 11 is 6.19. The maximum absolute atomic E-state index is 12.2. The Morgan fingerprint density at radius 2 is 2.05 bits per heavy atom. The molecule has 1 aromatic heterocycles. The van der Waals surface area contributed by atoms with Gasteiger partial charge in [0.1, 0.15) is 17.3 Å². The normalized spacial score (nSPS) is 10.1. The molecule has 0 fully saturated rings. The molecule has 1 heterocycles. The van der Waals surface area contributed by atoms with Crippen LogP contribution in [0.3, 0.4) is 0 Å². The molecule has 0 spiro atoms. The maximum atomic E-state index is 12.2. The number of thiophene rings is 1. The number of nitrogens with two attached hydrogens (primary N) is 1. The lowest BCUT2D eigenvalue weighted by molar-refractivity contribution is 0.103. The van der Waals surface area contributed by atoms with Crippen molar-refractivity contribution in [2.45, 2.75) is 13.3 Å². The number of benzene rings is 1. The molecular weight excluding hydrogens is 304 g/mol. The van der Waals surface area contributed by atoms with Crippen molar-refractivity contribution in [3.8, 4) is 5.75 Å². The van der Waals surface area contributed by atoms with Gasteiger partial charge in [-0.2, -0.15) is 0 Å². The number of hydrogen-bond donors (Lipinski definition) is 2. The molecule has 1 amide bonds. The number of nitrogens with one attached hydrogen (secondary N) is 1. The minimum absolute atomic E-state index is 0.0846. The fraction of sp³-hybridized carbons (Fsp3) is 0.200. The highest BCUT2D eigenvalue weighted by Crippen LogP contribution is 2.20. The molecule has 0 aliphatic rings. The summed E-state index contributed by atoms with van der Waals surface area (Å²) in [5.74, 6) is 0.574. The molecular formula is C15H16N2O2S2. The summed E-state index contributed by atoms with van der Waals surface area (Å²) in [6.45, 7) is 2.24. The standard InChI is InChI=1S/C15H16N2O2S2/c1-2-10-7-8-21-14(10)15(18)17-11-3-5-12(6-4-11)19-9-13(16)20/h3-8H,2,9H2,1H3,(H2,16,20)(H,17,18). The first-order valence-electron chi connectivity index (χ1n) is 6.49. The topological polar surface area (TPSA) is 64.3 Å². The van der Waals surface area contributed by atoms with Crippen LogP contribution in [-0.4, -0.2) is 17.5 Å². The Bertz CT molecular complexity index is 635. The minimum atomic E-state index is -0.0846. The Balaban J connectivity index is 2.00. The Morgan fingerprint density at radius 1 is 1.33 bits per heavy atom. The highest BCUT2D eigenvalue weighted by atomic mass is 32.1. The number of thiocarbonyl (C=S) groups is 1. The number of ether oxygens (including phenoxy) is 1. The SMILES string of the molecule is CCc1ccsc1C(=O)Nc1ccc(OCC(N)=S)cc1. The molecule has 0 aliphatic heterocycles. The van der Waals surface area contributed by atoms with Crippen LogP contribution >= 0.6 is 23.6 Å². The molecule has 0 atom stereocenters. The third-order valence-corrected chi connectivity index (χ3v) is 3.90. The smallest absolute Gasteiger partial charge is 0.266 e. The molecule has 0 unspecified atom stereocenters. The Labute approximate surface area is 132 Å². The van der Waals surface area contributed by atoms with Crippen LogP contribution < -0.4 is 15.8 Å². The van der Waals surface area contributed by atoms with Gasteiger partial charge in [-0.1, -0.05) is 19.1 Å². The number of carbonyl (C=O) groups excluding carboxylic acids is 1. The van der Waals surface area contributed by atoms with Crippen molar-refractivity contribution in [2.24, 2.45) is 5.73 Å². The number of aryl methyl sites for hydroxylation is 1. The van der Waals surface area contributed by atoms with Gasteiger partial charge >= 0.3 is 0 Å². The van der Waals surface area contributed by atoms with Gasteiger partial charge in [-0.05, 0) is 47.7 Å². The van der Waals surface area contributed by atoms with Crippen LogP contribution in [0.5, 0.6) is 5.75 Å². The van der Waals surface area contributed by atoms with Crippen LogP contribution in [0.2, 0.25) is 0 Å². The zero-order valence-corrected chi connectivity index (χ0v) is 13.2. The molecule has 4 nitrogen and oxygen atoms in total. The Kier molecular flexibility index (Phi) is 5.30. The second kappa shape index (κ2) is 7.19. The quantitative estimate of drug-likeness (QED) is 0.802.